The lowest BCUT2D eigenvalue weighted by atomic mass is 10.1. The zero-order valence-electron chi connectivity index (χ0n) is 14.7. The fourth-order valence-corrected chi connectivity index (χ4v) is 2.73. The van der Waals surface area contributed by atoms with Crippen molar-refractivity contribution in [2.24, 2.45) is 0 Å². The van der Waals surface area contributed by atoms with Gasteiger partial charge >= 0.3 is 0 Å². The van der Waals surface area contributed by atoms with Crippen molar-refractivity contribution < 1.29 is 28.7 Å². The predicted octanol–water partition coefficient (Wildman–Crippen LogP) is 1.86. The zero-order chi connectivity index (χ0) is 21.0. The molecule has 8 nitrogen and oxygen atoms in total. The molecule has 3 aromatic rings. The fraction of sp³-hybridized carbons (Fsp3) is 0.0556. The van der Waals surface area contributed by atoms with Crippen LogP contribution in [0.25, 0.3) is 5.69 Å². The van der Waals surface area contributed by atoms with E-state index < -0.39 is 23.0 Å². The normalized spacial score (nSPS) is 10.8. The van der Waals surface area contributed by atoms with E-state index in [1.807, 2.05) is 5.48 Å². The van der Waals surface area contributed by atoms with E-state index in [0.29, 0.717) is 0 Å². The Labute approximate surface area is 161 Å². The van der Waals surface area contributed by atoms with Gasteiger partial charge in [0, 0.05) is 24.5 Å². The first-order valence-electron chi connectivity index (χ1n) is 8.20. The first kappa shape index (κ1) is 20.2. The highest BCUT2D eigenvalue weighted by Gasteiger charge is 2.17. The molecule has 5 N–H and O–H groups in total. The van der Waals surface area contributed by atoms with E-state index in [1.165, 1.54) is 23.6 Å². The highest BCUT2D eigenvalue weighted by atomic mass is 19.1. The molecular weight excluding hydrogens is 391 g/mol. The van der Waals surface area contributed by atoms with Gasteiger partial charge in [-0.2, -0.15) is 0 Å². The summed E-state index contributed by atoms with van der Waals surface area (Å²) in [5.41, 5.74) is 1.03. The highest BCUT2D eigenvalue weighted by molar-refractivity contribution is 5.82. The van der Waals surface area contributed by atoms with Crippen molar-refractivity contribution >= 4 is 17.7 Å². The number of pyridine rings is 2. The van der Waals surface area contributed by atoms with E-state index in [4.69, 9.17) is 10.7 Å². The van der Waals surface area contributed by atoms with Gasteiger partial charge in [0.15, 0.2) is 11.6 Å². The molecule has 2 aromatic heterocycles. The van der Waals surface area contributed by atoms with Crippen LogP contribution in [0.5, 0.6) is 0 Å². The molecule has 0 saturated carbocycles. The van der Waals surface area contributed by atoms with E-state index in [0.717, 1.165) is 35.2 Å². The molecule has 1 aromatic carbocycles. The molecule has 0 radical (unpaired) electrons. The number of quaternary nitrogens is 1. The molecule has 11 heteroatoms. The van der Waals surface area contributed by atoms with Crippen molar-refractivity contribution in [1.82, 2.24) is 9.55 Å². The highest BCUT2D eigenvalue weighted by Crippen LogP contribution is 2.16. The minimum Gasteiger partial charge on any atom is -0.309 e. The Morgan fingerprint density at radius 2 is 1.97 bits per heavy atom. The largest absolute Gasteiger partial charge is 0.309 e. The lowest BCUT2D eigenvalue weighted by Gasteiger charge is -2.11. The molecule has 0 unspecified atom stereocenters. The molecule has 0 spiro atoms. The van der Waals surface area contributed by atoms with Crippen LogP contribution in [0, 0.1) is 22.9 Å². The van der Waals surface area contributed by atoms with Crippen molar-refractivity contribution in [2.75, 3.05) is 5.48 Å². The van der Waals surface area contributed by atoms with Gasteiger partial charge in [-0.25, -0.2) is 28.9 Å². The maximum atomic E-state index is 14.2. The number of anilines is 1. The third-order valence-corrected chi connectivity index (χ3v) is 4.14. The second kappa shape index (κ2) is 8.65. The van der Waals surface area contributed by atoms with Crippen LogP contribution >= 0.6 is 0 Å². The average molecular weight is 406 g/mol. The second-order valence-corrected chi connectivity index (χ2v) is 5.83. The van der Waals surface area contributed by atoms with Gasteiger partial charge in [0.2, 0.25) is 0 Å². The Morgan fingerprint density at radius 3 is 2.62 bits per heavy atom. The van der Waals surface area contributed by atoms with E-state index in [2.05, 4.69) is 9.97 Å². The molecule has 0 fully saturated rings. The molecule has 2 heterocycles. The van der Waals surface area contributed by atoms with E-state index in [1.54, 1.807) is 0 Å². The van der Waals surface area contributed by atoms with Crippen LogP contribution in [-0.4, -0.2) is 21.0 Å². The summed E-state index contributed by atoms with van der Waals surface area (Å²) in [6, 6.07) is 6.01. The number of rotatable bonds is 7. The number of hydrogen-bond donors (Lipinski definition) is 4. The molecule has 0 aliphatic carbocycles. The Bertz CT molecular complexity index is 1100. The van der Waals surface area contributed by atoms with Crippen LogP contribution in [0.3, 0.4) is 0 Å². The number of nitrogens with two attached hydrogens (primary N) is 1. The number of nitrogens with one attached hydrogen (secondary N) is 2. The third kappa shape index (κ3) is 4.16. The van der Waals surface area contributed by atoms with Gasteiger partial charge in [-0.1, -0.05) is 6.07 Å². The maximum absolute atomic E-state index is 14.2. The van der Waals surface area contributed by atoms with Gasteiger partial charge in [-0.3, -0.25) is 9.36 Å². The van der Waals surface area contributed by atoms with Gasteiger partial charge in [0.05, 0.1) is 17.4 Å². The Morgan fingerprint density at radius 1 is 1.24 bits per heavy atom. The van der Waals surface area contributed by atoms with Crippen molar-refractivity contribution in [2.45, 2.75) is 6.54 Å². The van der Waals surface area contributed by atoms with E-state index in [9.17, 15) is 18.0 Å². The minimum atomic E-state index is -0.836. The summed E-state index contributed by atoms with van der Waals surface area (Å²) in [4.78, 5) is 20.1. The van der Waals surface area contributed by atoms with Gasteiger partial charge in [0.25, 0.3) is 5.56 Å². The number of nitrogens with zero attached hydrogens (tertiary/aromatic N) is 2. The van der Waals surface area contributed by atoms with E-state index in [-0.39, 0.29) is 34.9 Å². The summed E-state index contributed by atoms with van der Waals surface area (Å²) >= 11 is 0. The molecule has 0 aliphatic heterocycles. The van der Waals surface area contributed by atoms with Gasteiger partial charge < -0.3 is 10.7 Å². The van der Waals surface area contributed by atoms with Gasteiger partial charge in [-0.15, -0.1) is 4.99 Å². The van der Waals surface area contributed by atoms with Crippen LogP contribution in [-0.2, 0) is 11.5 Å². The predicted molar refractivity (Wildman–Crippen MR) is 96.7 cm³/mol. The summed E-state index contributed by atoms with van der Waals surface area (Å²) in [7, 11) is 0. The Hall–Kier alpha value is -3.54. The lowest BCUT2D eigenvalue weighted by Crippen LogP contribution is -2.77. The average Bonchev–Trinajstić information content (AvgIpc) is 2.70. The molecule has 0 atom stereocenters. The monoisotopic (exact) mass is 406 g/mol. The lowest BCUT2D eigenvalue weighted by molar-refractivity contribution is -0.589. The molecule has 0 aliphatic rings. The van der Waals surface area contributed by atoms with Crippen molar-refractivity contribution in [3.05, 3.63) is 81.7 Å². The Balaban J connectivity index is 1.98. The molecule has 0 bridgehead atoms. The molecule has 150 valence electrons. The number of benzene rings is 1. The van der Waals surface area contributed by atoms with Crippen LogP contribution in [0.1, 0.15) is 11.1 Å². The van der Waals surface area contributed by atoms with Crippen LogP contribution in [0.4, 0.5) is 24.7 Å². The summed E-state index contributed by atoms with van der Waals surface area (Å²) < 4.78 is 42.7. The third-order valence-electron chi connectivity index (χ3n) is 4.14. The first-order valence-corrected chi connectivity index (χ1v) is 8.20. The molecular formula is C18H15F3N5O3+. The van der Waals surface area contributed by atoms with Crippen LogP contribution in [0.2, 0.25) is 0 Å². The van der Waals surface area contributed by atoms with Crippen molar-refractivity contribution in [1.29, 1.82) is 5.41 Å². The number of hydrogen-bond acceptors (Lipinski definition) is 6. The van der Waals surface area contributed by atoms with Gasteiger partial charge in [-0.05, 0) is 12.1 Å². The van der Waals surface area contributed by atoms with Crippen LogP contribution in [0.15, 0.2) is 47.5 Å². The Kier molecular flexibility index (Phi) is 6.02. The fourth-order valence-electron chi connectivity index (χ4n) is 2.73. The van der Waals surface area contributed by atoms with Crippen molar-refractivity contribution in [3.8, 4) is 5.69 Å². The molecule has 29 heavy (non-hydrogen) atoms. The van der Waals surface area contributed by atoms with Crippen LogP contribution < -0.4 is 16.4 Å². The first-order chi connectivity index (χ1) is 14.0. The standard InChI is InChI=1S/C18H14F3N5O3/c19-12-2-1-3-13(20)11(12)8-23-15-4-5-26(18(27)10(15)7-22)16-6-17(25-29-28)24-9-14(16)21/h1-7,9,22-23,28H,8H2,(H,24,25)/p+1. The smallest absolute Gasteiger partial charge is 0.270 e. The zero-order valence-corrected chi connectivity index (χ0v) is 14.7. The van der Waals surface area contributed by atoms with E-state index >= 15 is 0 Å². The summed E-state index contributed by atoms with van der Waals surface area (Å²) in [6.45, 7) is -0.145. The SMILES string of the molecule is N=Cc1c([NH2+]Cc2c(F)cccc2F)ccn(-c2cc(NOO)ncc2F)c1=O. The number of aromatic nitrogens is 2. The maximum Gasteiger partial charge on any atom is 0.270 e. The summed E-state index contributed by atoms with van der Waals surface area (Å²) in [5, 5.41) is 17.4. The second-order valence-electron chi connectivity index (χ2n) is 5.83. The topological polar surface area (TPSA) is 117 Å². The molecule has 0 saturated heterocycles. The van der Waals surface area contributed by atoms with Gasteiger partial charge in [0.1, 0.15) is 29.4 Å². The molecule has 3 rings (SSSR count). The minimum absolute atomic E-state index is 0.0714. The quantitative estimate of drug-likeness (QED) is 0.272. The summed E-state index contributed by atoms with van der Waals surface area (Å²) in [5.74, 6) is -2.36. The van der Waals surface area contributed by atoms with Crippen molar-refractivity contribution in [3.63, 3.8) is 0 Å². The molecule has 0 amide bonds. The summed E-state index contributed by atoms with van der Waals surface area (Å²) in [6.07, 6.45) is 2.84. The number of halogens is 3.